The van der Waals surface area contributed by atoms with Gasteiger partial charge in [0.2, 0.25) is 0 Å². The summed E-state index contributed by atoms with van der Waals surface area (Å²) in [6.45, 7) is 2.03. The van der Waals surface area contributed by atoms with E-state index >= 15 is 0 Å². The van der Waals surface area contributed by atoms with Crippen LogP contribution >= 0.6 is 27.3 Å². The molecule has 0 aliphatic heterocycles. The number of anilines is 1. The fourth-order valence-electron chi connectivity index (χ4n) is 2.99. The van der Waals surface area contributed by atoms with Crippen molar-refractivity contribution >= 4 is 38.9 Å². The van der Waals surface area contributed by atoms with Crippen LogP contribution < -0.4 is 5.32 Å². The molecule has 0 atom stereocenters. The van der Waals surface area contributed by atoms with Gasteiger partial charge in [0.05, 0.1) is 11.3 Å². The Morgan fingerprint density at radius 3 is 2.73 bits per heavy atom. The summed E-state index contributed by atoms with van der Waals surface area (Å²) in [7, 11) is 0. The minimum Gasteiger partial charge on any atom is -0.321 e. The van der Waals surface area contributed by atoms with E-state index in [0.29, 0.717) is 5.92 Å². The van der Waals surface area contributed by atoms with E-state index in [9.17, 15) is 4.79 Å². The molecule has 1 aromatic heterocycles. The molecule has 3 rings (SSSR count). The summed E-state index contributed by atoms with van der Waals surface area (Å²) in [5.41, 5.74) is 2.76. The Balaban J connectivity index is 1.71. The Hall–Kier alpha value is -1.13. The van der Waals surface area contributed by atoms with Crippen molar-refractivity contribution in [3.63, 3.8) is 0 Å². The third kappa shape index (κ3) is 3.61. The van der Waals surface area contributed by atoms with Gasteiger partial charge in [-0.15, -0.1) is 11.3 Å². The third-order valence-electron chi connectivity index (χ3n) is 4.26. The molecule has 0 bridgehead atoms. The summed E-state index contributed by atoms with van der Waals surface area (Å²) in [5.74, 6) is 0.634. The van der Waals surface area contributed by atoms with Crippen molar-refractivity contribution in [3.8, 4) is 0 Å². The number of hydrogen-bond acceptors (Lipinski definition) is 2. The average Bonchev–Trinajstić information content (AvgIpc) is 3.01. The van der Waals surface area contributed by atoms with Gasteiger partial charge in [0.25, 0.3) is 5.91 Å². The zero-order chi connectivity index (χ0) is 15.5. The van der Waals surface area contributed by atoms with Crippen LogP contribution in [0.4, 0.5) is 5.69 Å². The summed E-state index contributed by atoms with van der Waals surface area (Å²) >= 11 is 5.23. The van der Waals surface area contributed by atoms with E-state index in [0.717, 1.165) is 15.7 Å². The molecule has 1 N–H and O–H groups in total. The van der Waals surface area contributed by atoms with Gasteiger partial charge in [-0.2, -0.15) is 0 Å². The normalized spacial score (nSPS) is 15.7. The van der Waals surface area contributed by atoms with Crippen LogP contribution in [0.2, 0.25) is 0 Å². The maximum atomic E-state index is 12.4. The number of rotatable bonds is 3. The second kappa shape index (κ2) is 6.97. The highest BCUT2D eigenvalue weighted by atomic mass is 79.9. The van der Waals surface area contributed by atoms with Crippen LogP contribution in [0.1, 0.15) is 58.8 Å². The van der Waals surface area contributed by atoms with Crippen LogP contribution in [0, 0.1) is 6.92 Å². The predicted octanol–water partition coefficient (Wildman–Crippen LogP) is 6.12. The summed E-state index contributed by atoms with van der Waals surface area (Å²) in [6, 6.07) is 8.03. The van der Waals surface area contributed by atoms with Crippen molar-refractivity contribution < 1.29 is 4.79 Å². The SMILES string of the molecule is Cc1ccc(NC(=O)c2csc(C3CCCCC3)c2)c(Br)c1. The lowest BCUT2D eigenvalue weighted by atomic mass is 9.88. The molecule has 1 aliphatic carbocycles. The topological polar surface area (TPSA) is 29.1 Å². The van der Waals surface area contributed by atoms with E-state index in [2.05, 4.69) is 27.3 Å². The molecule has 1 aliphatic rings. The lowest BCUT2D eigenvalue weighted by molar-refractivity contribution is 0.102. The molecule has 1 saturated carbocycles. The smallest absolute Gasteiger partial charge is 0.256 e. The highest BCUT2D eigenvalue weighted by Gasteiger charge is 2.19. The zero-order valence-electron chi connectivity index (χ0n) is 12.7. The average molecular weight is 378 g/mol. The van der Waals surface area contributed by atoms with E-state index in [1.165, 1.54) is 42.5 Å². The van der Waals surface area contributed by atoms with Crippen molar-refractivity contribution in [2.24, 2.45) is 0 Å². The number of carbonyl (C=O) groups excluding carboxylic acids is 1. The van der Waals surface area contributed by atoms with E-state index in [4.69, 9.17) is 0 Å². The van der Waals surface area contributed by atoms with Crippen LogP contribution in [-0.4, -0.2) is 5.91 Å². The number of benzene rings is 1. The van der Waals surface area contributed by atoms with Gasteiger partial charge in [-0.25, -0.2) is 0 Å². The van der Waals surface area contributed by atoms with Crippen molar-refractivity contribution in [1.82, 2.24) is 0 Å². The first kappa shape index (κ1) is 15.8. The molecule has 1 aromatic carbocycles. The highest BCUT2D eigenvalue weighted by Crippen LogP contribution is 2.36. The molecular formula is C18H20BrNOS. The Bertz CT molecular complexity index is 673. The quantitative estimate of drug-likeness (QED) is 0.685. The first-order chi connectivity index (χ1) is 10.6. The lowest BCUT2D eigenvalue weighted by Crippen LogP contribution is -2.11. The van der Waals surface area contributed by atoms with Gasteiger partial charge in [0, 0.05) is 14.7 Å². The molecule has 0 spiro atoms. The van der Waals surface area contributed by atoms with Gasteiger partial charge in [0.15, 0.2) is 0 Å². The summed E-state index contributed by atoms with van der Waals surface area (Å²) in [4.78, 5) is 13.8. The Labute approximate surface area is 144 Å². The fraction of sp³-hybridized carbons (Fsp3) is 0.389. The van der Waals surface area contributed by atoms with E-state index < -0.39 is 0 Å². The molecule has 1 amide bonds. The maximum absolute atomic E-state index is 12.4. The van der Waals surface area contributed by atoms with Crippen molar-refractivity contribution in [3.05, 3.63) is 50.1 Å². The Morgan fingerprint density at radius 1 is 1.23 bits per heavy atom. The molecule has 2 nitrogen and oxygen atoms in total. The number of halogens is 1. The number of hydrogen-bond donors (Lipinski definition) is 1. The number of nitrogens with one attached hydrogen (secondary N) is 1. The van der Waals surface area contributed by atoms with Crippen LogP contribution in [0.5, 0.6) is 0 Å². The molecule has 4 heteroatoms. The predicted molar refractivity (Wildman–Crippen MR) is 97.0 cm³/mol. The lowest BCUT2D eigenvalue weighted by Gasteiger charge is -2.19. The molecule has 1 fully saturated rings. The second-order valence-corrected chi connectivity index (χ2v) is 7.81. The van der Waals surface area contributed by atoms with Gasteiger partial charge >= 0.3 is 0 Å². The number of aryl methyl sites for hydroxylation is 1. The van der Waals surface area contributed by atoms with E-state index in [1.54, 1.807) is 11.3 Å². The van der Waals surface area contributed by atoms with Gasteiger partial charge in [-0.05, 0) is 65.4 Å². The monoisotopic (exact) mass is 377 g/mol. The van der Waals surface area contributed by atoms with Gasteiger partial charge < -0.3 is 5.32 Å². The first-order valence-electron chi connectivity index (χ1n) is 7.79. The molecule has 2 aromatic rings. The number of carbonyl (C=O) groups is 1. The first-order valence-corrected chi connectivity index (χ1v) is 9.46. The number of thiophene rings is 1. The molecule has 1 heterocycles. The third-order valence-corrected chi connectivity index (χ3v) is 6.01. The van der Waals surface area contributed by atoms with Crippen molar-refractivity contribution in [2.45, 2.75) is 44.9 Å². The van der Waals surface area contributed by atoms with E-state index in [-0.39, 0.29) is 5.91 Å². The summed E-state index contributed by atoms with van der Waals surface area (Å²) < 4.78 is 0.920. The van der Waals surface area contributed by atoms with Crippen LogP contribution in [0.25, 0.3) is 0 Å². The van der Waals surface area contributed by atoms with Crippen LogP contribution in [0.15, 0.2) is 34.1 Å². The van der Waals surface area contributed by atoms with Crippen molar-refractivity contribution in [1.29, 1.82) is 0 Å². The largest absolute Gasteiger partial charge is 0.321 e. The minimum absolute atomic E-state index is 0.0251. The second-order valence-electron chi connectivity index (χ2n) is 6.01. The Morgan fingerprint density at radius 2 is 2.00 bits per heavy atom. The fourth-order valence-corrected chi connectivity index (χ4v) is 4.64. The molecule has 0 unspecified atom stereocenters. The Kier molecular flexibility index (Phi) is 4.99. The van der Waals surface area contributed by atoms with Gasteiger partial charge in [-0.3, -0.25) is 4.79 Å². The van der Waals surface area contributed by atoms with Crippen LogP contribution in [0.3, 0.4) is 0 Å². The van der Waals surface area contributed by atoms with E-state index in [1.807, 2.05) is 30.5 Å². The molecule has 0 saturated heterocycles. The molecule has 0 radical (unpaired) electrons. The maximum Gasteiger partial charge on any atom is 0.256 e. The molecular weight excluding hydrogens is 358 g/mol. The van der Waals surface area contributed by atoms with Gasteiger partial charge in [-0.1, -0.05) is 25.3 Å². The van der Waals surface area contributed by atoms with Gasteiger partial charge in [0.1, 0.15) is 0 Å². The summed E-state index contributed by atoms with van der Waals surface area (Å²) in [5, 5.41) is 4.98. The minimum atomic E-state index is -0.0251. The zero-order valence-corrected chi connectivity index (χ0v) is 15.1. The van der Waals surface area contributed by atoms with Crippen LogP contribution in [-0.2, 0) is 0 Å². The number of amides is 1. The standard InChI is InChI=1S/C18H20BrNOS/c1-12-7-8-16(15(19)9-12)20-18(21)14-10-17(22-11-14)13-5-3-2-4-6-13/h7-11,13H,2-6H2,1H3,(H,20,21). The van der Waals surface area contributed by atoms with Crippen molar-refractivity contribution in [2.75, 3.05) is 5.32 Å². The summed E-state index contributed by atoms with van der Waals surface area (Å²) in [6.07, 6.45) is 6.54. The highest BCUT2D eigenvalue weighted by molar-refractivity contribution is 9.10. The molecule has 22 heavy (non-hydrogen) atoms. The molecule has 116 valence electrons.